The molecule has 0 aromatic rings. The second-order valence-electron chi connectivity index (χ2n) is 3.44. The average Bonchev–Trinajstić information content (AvgIpc) is 2.22. The van der Waals surface area contributed by atoms with Crippen LogP contribution >= 0.6 is 0 Å². The first kappa shape index (κ1) is 15.2. The Morgan fingerprint density at radius 2 is 2.00 bits per heavy atom. The van der Waals surface area contributed by atoms with Gasteiger partial charge in [0, 0.05) is 13.5 Å². The molecule has 0 radical (unpaired) electrons. The fourth-order valence-corrected chi connectivity index (χ4v) is 1.25. The Hall–Kier alpha value is -1.79. The Bertz CT molecular complexity index is 281. The molecule has 0 saturated carbocycles. The van der Waals surface area contributed by atoms with Crippen LogP contribution in [0.15, 0.2) is 0 Å². The molecule has 0 rings (SSSR count). The molecule has 0 unspecified atom stereocenters. The largest absolute Gasteiger partial charge is 0.464 e. The van der Waals surface area contributed by atoms with Gasteiger partial charge in [-0.05, 0) is 19.8 Å². The molecule has 0 aromatic heterocycles. The Morgan fingerprint density at radius 1 is 1.35 bits per heavy atom. The third-order valence-electron chi connectivity index (χ3n) is 1.92. The Kier molecular flexibility index (Phi) is 7.49. The molecule has 0 aliphatic heterocycles. The third-order valence-corrected chi connectivity index (χ3v) is 1.92. The van der Waals surface area contributed by atoms with E-state index in [1.54, 1.807) is 6.92 Å². The lowest BCUT2D eigenvalue weighted by Crippen LogP contribution is -2.41. The molecular weight excluding hydrogens is 226 g/mol. The second-order valence-corrected chi connectivity index (χ2v) is 3.44. The molecular formula is C10H19N3O4. The number of amides is 3. The molecule has 0 saturated heterocycles. The lowest BCUT2D eigenvalue weighted by atomic mass is 10.1. The Morgan fingerprint density at radius 3 is 2.47 bits per heavy atom. The fourth-order valence-electron chi connectivity index (χ4n) is 1.25. The van der Waals surface area contributed by atoms with Crippen molar-refractivity contribution in [1.29, 1.82) is 0 Å². The van der Waals surface area contributed by atoms with Gasteiger partial charge in [0.2, 0.25) is 5.91 Å². The van der Waals surface area contributed by atoms with E-state index < -0.39 is 18.0 Å². The minimum atomic E-state index is -0.679. The van der Waals surface area contributed by atoms with Crippen LogP contribution in [0.3, 0.4) is 0 Å². The Balaban J connectivity index is 4.05. The molecule has 0 fully saturated rings. The first-order valence-corrected chi connectivity index (χ1v) is 5.44. The third kappa shape index (κ3) is 8.06. The molecule has 0 aliphatic carbocycles. The quantitative estimate of drug-likeness (QED) is 0.415. The van der Waals surface area contributed by atoms with Gasteiger partial charge < -0.3 is 21.1 Å². The summed E-state index contributed by atoms with van der Waals surface area (Å²) in [6.07, 6.45) is 0.908. The first-order chi connectivity index (χ1) is 7.97. The minimum absolute atomic E-state index is 0.258. The molecule has 0 aromatic carbocycles. The van der Waals surface area contributed by atoms with Crippen LogP contribution < -0.4 is 16.4 Å². The van der Waals surface area contributed by atoms with Crippen molar-refractivity contribution in [3.8, 4) is 0 Å². The van der Waals surface area contributed by atoms with Gasteiger partial charge in [0.15, 0.2) is 0 Å². The summed E-state index contributed by atoms with van der Waals surface area (Å²) >= 11 is 0. The van der Waals surface area contributed by atoms with Gasteiger partial charge in [0.25, 0.3) is 0 Å². The summed E-state index contributed by atoms with van der Waals surface area (Å²) in [7, 11) is 0. The number of esters is 1. The van der Waals surface area contributed by atoms with Crippen LogP contribution in [-0.4, -0.2) is 37.1 Å². The van der Waals surface area contributed by atoms with E-state index in [4.69, 9.17) is 10.5 Å². The van der Waals surface area contributed by atoms with E-state index in [-0.39, 0.29) is 12.5 Å². The summed E-state index contributed by atoms with van der Waals surface area (Å²) in [6.45, 7) is 3.63. The number of rotatable bonds is 7. The molecule has 17 heavy (non-hydrogen) atoms. The van der Waals surface area contributed by atoms with Crippen LogP contribution in [0.1, 0.15) is 26.7 Å². The Labute approximate surface area is 100 Å². The zero-order valence-electron chi connectivity index (χ0n) is 10.1. The van der Waals surface area contributed by atoms with Crippen LogP contribution in [0, 0.1) is 0 Å². The van der Waals surface area contributed by atoms with E-state index in [0.717, 1.165) is 0 Å². The lowest BCUT2D eigenvalue weighted by Gasteiger charge is -2.16. The molecule has 0 spiro atoms. The average molecular weight is 245 g/mol. The van der Waals surface area contributed by atoms with Crippen LogP contribution in [0.25, 0.3) is 0 Å². The number of hydrogen-bond donors (Lipinski definition) is 3. The van der Waals surface area contributed by atoms with Crippen molar-refractivity contribution in [3.63, 3.8) is 0 Å². The number of nitrogens with two attached hydrogens (primary N) is 1. The summed E-state index contributed by atoms with van der Waals surface area (Å²) < 4.78 is 4.82. The van der Waals surface area contributed by atoms with Crippen molar-refractivity contribution < 1.29 is 19.1 Å². The van der Waals surface area contributed by atoms with Crippen molar-refractivity contribution >= 4 is 17.9 Å². The monoisotopic (exact) mass is 245 g/mol. The van der Waals surface area contributed by atoms with Crippen molar-refractivity contribution in [2.75, 3.05) is 13.2 Å². The summed E-state index contributed by atoms with van der Waals surface area (Å²) in [5.74, 6) is -0.771. The summed E-state index contributed by atoms with van der Waals surface area (Å²) in [6, 6.07) is -1.29. The SMILES string of the molecule is CCOC(=O)[C@H](CCCNC(N)=O)NC(C)=O. The maximum Gasteiger partial charge on any atom is 0.328 e. The van der Waals surface area contributed by atoms with Crippen LogP contribution in [-0.2, 0) is 14.3 Å². The number of hydrogen-bond acceptors (Lipinski definition) is 4. The van der Waals surface area contributed by atoms with E-state index in [2.05, 4.69) is 10.6 Å². The summed E-state index contributed by atoms with van der Waals surface area (Å²) in [5, 5.41) is 4.89. The summed E-state index contributed by atoms with van der Waals surface area (Å²) in [5.41, 5.74) is 4.89. The van der Waals surface area contributed by atoms with Gasteiger partial charge in [-0.3, -0.25) is 4.79 Å². The predicted octanol–water partition coefficient (Wildman–Crippen LogP) is -0.497. The van der Waals surface area contributed by atoms with Crippen LogP contribution in [0.5, 0.6) is 0 Å². The van der Waals surface area contributed by atoms with Gasteiger partial charge in [0.05, 0.1) is 6.61 Å². The molecule has 7 heteroatoms. The number of nitrogens with one attached hydrogen (secondary N) is 2. The van der Waals surface area contributed by atoms with Gasteiger partial charge in [-0.1, -0.05) is 0 Å². The van der Waals surface area contributed by atoms with E-state index >= 15 is 0 Å². The highest BCUT2D eigenvalue weighted by Gasteiger charge is 2.19. The molecule has 0 aliphatic rings. The van der Waals surface area contributed by atoms with E-state index in [0.29, 0.717) is 19.4 Å². The number of primary amides is 1. The van der Waals surface area contributed by atoms with Gasteiger partial charge in [-0.2, -0.15) is 0 Å². The van der Waals surface area contributed by atoms with Crippen LogP contribution in [0.2, 0.25) is 0 Å². The molecule has 4 N–H and O–H groups in total. The highest BCUT2D eigenvalue weighted by atomic mass is 16.5. The van der Waals surface area contributed by atoms with E-state index in [1.807, 2.05) is 0 Å². The molecule has 0 bridgehead atoms. The maximum atomic E-state index is 11.5. The predicted molar refractivity (Wildman–Crippen MR) is 61.1 cm³/mol. The number of carbonyl (C=O) groups excluding carboxylic acids is 3. The van der Waals surface area contributed by atoms with Gasteiger partial charge in [-0.15, -0.1) is 0 Å². The van der Waals surface area contributed by atoms with E-state index in [9.17, 15) is 14.4 Å². The standard InChI is InChI=1S/C10H19N3O4/c1-3-17-9(15)8(13-7(2)14)5-4-6-12-10(11)16/h8H,3-6H2,1-2H3,(H,13,14)(H3,11,12,16)/t8-/m0/s1. The van der Waals surface area contributed by atoms with Crippen molar-refractivity contribution in [2.24, 2.45) is 5.73 Å². The number of ether oxygens (including phenoxy) is 1. The van der Waals surface area contributed by atoms with Crippen molar-refractivity contribution in [3.05, 3.63) is 0 Å². The molecule has 7 nitrogen and oxygen atoms in total. The normalized spacial score (nSPS) is 11.4. The minimum Gasteiger partial charge on any atom is -0.464 e. The fraction of sp³-hybridized carbons (Fsp3) is 0.700. The number of urea groups is 1. The van der Waals surface area contributed by atoms with Crippen LogP contribution in [0.4, 0.5) is 4.79 Å². The zero-order valence-corrected chi connectivity index (χ0v) is 10.1. The summed E-state index contributed by atoms with van der Waals surface area (Å²) in [4.78, 5) is 32.8. The smallest absolute Gasteiger partial charge is 0.328 e. The number of carbonyl (C=O) groups is 3. The topological polar surface area (TPSA) is 111 Å². The van der Waals surface area contributed by atoms with Gasteiger partial charge >= 0.3 is 12.0 Å². The van der Waals surface area contributed by atoms with Crippen molar-refractivity contribution in [1.82, 2.24) is 10.6 Å². The lowest BCUT2D eigenvalue weighted by molar-refractivity contribution is -0.147. The zero-order chi connectivity index (χ0) is 13.3. The van der Waals surface area contributed by atoms with E-state index in [1.165, 1.54) is 6.92 Å². The molecule has 1 atom stereocenters. The van der Waals surface area contributed by atoms with Gasteiger partial charge in [0.1, 0.15) is 6.04 Å². The molecule has 98 valence electrons. The molecule has 0 heterocycles. The first-order valence-electron chi connectivity index (χ1n) is 5.44. The van der Waals surface area contributed by atoms with Gasteiger partial charge in [-0.25, -0.2) is 9.59 Å². The highest BCUT2D eigenvalue weighted by Crippen LogP contribution is 2.00. The second kappa shape index (κ2) is 8.37. The highest BCUT2D eigenvalue weighted by molar-refractivity contribution is 5.83. The molecule has 3 amide bonds. The van der Waals surface area contributed by atoms with Crippen molar-refractivity contribution in [2.45, 2.75) is 32.7 Å². The maximum absolute atomic E-state index is 11.5.